The van der Waals surface area contributed by atoms with Gasteiger partial charge in [-0.15, -0.1) is 0 Å². The van der Waals surface area contributed by atoms with Crippen LogP contribution in [-0.4, -0.2) is 58.6 Å². The van der Waals surface area contributed by atoms with Crippen LogP contribution in [0.15, 0.2) is 29.3 Å². The normalized spacial score (nSPS) is 16.8. The van der Waals surface area contributed by atoms with E-state index in [2.05, 4.69) is 20.3 Å². The van der Waals surface area contributed by atoms with E-state index in [1.807, 2.05) is 6.92 Å². The average Bonchev–Trinajstić information content (AvgIpc) is 2.69. The molecule has 1 aliphatic rings. The number of halogens is 4. The lowest BCUT2D eigenvalue weighted by atomic mass is 10.2. The van der Waals surface area contributed by atoms with Gasteiger partial charge in [0, 0.05) is 31.9 Å². The van der Waals surface area contributed by atoms with Gasteiger partial charge in [0.25, 0.3) is 5.56 Å². The molecule has 1 saturated heterocycles. The first kappa shape index (κ1) is 20.6. The highest BCUT2D eigenvalue weighted by Crippen LogP contribution is 2.28. The predicted molar refractivity (Wildman–Crippen MR) is 98.0 cm³/mol. The number of alkyl halides is 3. The van der Waals surface area contributed by atoms with Gasteiger partial charge in [0.2, 0.25) is 0 Å². The highest BCUT2D eigenvalue weighted by Gasteiger charge is 2.30. The van der Waals surface area contributed by atoms with Gasteiger partial charge in [-0.2, -0.15) is 23.0 Å². The van der Waals surface area contributed by atoms with Gasteiger partial charge in [0.1, 0.15) is 5.02 Å². The number of anilines is 1. The molecule has 0 aromatic carbocycles. The summed E-state index contributed by atoms with van der Waals surface area (Å²) < 4.78 is 44.1. The van der Waals surface area contributed by atoms with E-state index in [9.17, 15) is 18.0 Å². The van der Waals surface area contributed by atoms with Crippen molar-refractivity contribution in [2.45, 2.75) is 19.1 Å². The molecule has 1 atom stereocenters. The van der Waals surface area contributed by atoms with E-state index in [1.165, 1.54) is 6.20 Å². The van der Waals surface area contributed by atoms with Crippen molar-refractivity contribution in [1.29, 1.82) is 0 Å². The Morgan fingerprint density at radius 3 is 2.61 bits per heavy atom. The van der Waals surface area contributed by atoms with E-state index in [4.69, 9.17) is 16.3 Å². The maximum absolute atomic E-state index is 12.6. The summed E-state index contributed by atoms with van der Waals surface area (Å²) >= 11 is 6.14. The summed E-state index contributed by atoms with van der Waals surface area (Å²) in [4.78, 5) is 18.4. The Hall–Kier alpha value is -2.17. The van der Waals surface area contributed by atoms with Crippen molar-refractivity contribution in [2.75, 3.05) is 38.2 Å². The molecule has 28 heavy (non-hydrogen) atoms. The van der Waals surface area contributed by atoms with Crippen molar-refractivity contribution in [1.82, 2.24) is 19.7 Å². The number of morpholine rings is 1. The molecule has 3 rings (SSSR count). The number of ether oxygens (including phenoxy) is 1. The Labute approximate surface area is 164 Å². The lowest BCUT2D eigenvalue weighted by molar-refractivity contribution is -0.137. The third kappa shape index (κ3) is 4.62. The SMILES string of the molecule is CC(CNc1cnn(-c2ccc(C(F)(F)F)cn2)c(=O)c1Cl)N1CCOCC1. The van der Waals surface area contributed by atoms with Crippen molar-refractivity contribution in [3.8, 4) is 5.82 Å². The van der Waals surface area contributed by atoms with Crippen LogP contribution in [0, 0.1) is 0 Å². The molecular weight excluding hydrogens is 399 g/mol. The maximum Gasteiger partial charge on any atom is 0.417 e. The number of nitrogens with one attached hydrogen (secondary N) is 1. The second-order valence-corrected chi connectivity index (χ2v) is 6.75. The van der Waals surface area contributed by atoms with Gasteiger partial charge >= 0.3 is 6.18 Å². The molecule has 11 heteroatoms. The maximum atomic E-state index is 12.6. The van der Waals surface area contributed by atoms with Gasteiger partial charge in [-0.1, -0.05) is 11.6 Å². The van der Waals surface area contributed by atoms with Crippen molar-refractivity contribution in [3.05, 3.63) is 45.5 Å². The minimum Gasteiger partial charge on any atom is -0.381 e. The molecule has 1 fully saturated rings. The second-order valence-electron chi connectivity index (χ2n) is 6.37. The minimum atomic E-state index is -4.51. The van der Waals surface area contributed by atoms with Gasteiger partial charge in [-0.25, -0.2) is 4.98 Å². The van der Waals surface area contributed by atoms with Crippen molar-refractivity contribution >= 4 is 17.3 Å². The fourth-order valence-electron chi connectivity index (χ4n) is 2.80. The molecule has 1 unspecified atom stereocenters. The topological polar surface area (TPSA) is 72.3 Å². The molecule has 0 saturated carbocycles. The molecular formula is C17H19ClF3N5O2. The summed E-state index contributed by atoms with van der Waals surface area (Å²) in [5.74, 6) is -0.0480. The third-order valence-electron chi connectivity index (χ3n) is 4.47. The van der Waals surface area contributed by atoms with Gasteiger partial charge < -0.3 is 10.1 Å². The van der Waals surface area contributed by atoms with Crippen LogP contribution in [0.2, 0.25) is 5.02 Å². The molecule has 0 bridgehead atoms. The highest BCUT2D eigenvalue weighted by molar-refractivity contribution is 6.32. The first-order valence-corrected chi connectivity index (χ1v) is 9.02. The van der Waals surface area contributed by atoms with Gasteiger partial charge in [0.15, 0.2) is 5.82 Å². The van der Waals surface area contributed by atoms with Crippen LogP contribution in [-0.2, 0) is 10.9 Å². The number of aromatic nitrogens is 3. The molecule has 0 aliphatic carbocycles. The molecule has 152 valence electrons. The lowest BCUT2D eigenvalue weighted by Gasteiger charge is -2.32. The standard InChI is InChI=1S/C17H19ClF3N5O2/c1-11(25-4-6-28-7-5-25)8-22-13-10-24-26(16(27)15(13)18)14-3-2-12(9-23-14)17(19,20)21/h2-3,9-11,22H,4-8H2,1H3. The van der Waals surface area contributed by atoms with E-state index < -0.39 is 17.3 Å². The summed E-state index contributed by atoms with van der Waals surface area (Å²) in [6.45, 7) is 5.62. The van der Waals surface area contributed by atoms with Crippen LogP contribution in [0.5, 0.6) is 0 Å². The van der Waals surface area contributed by atoms with E-state index in [0.717, 1.165) is 29.9 Å². The van der Waals surface area contributed by atoms with Crippen molar-refractivity contribution in [2.24, 2.45) is 0 Å². The highest BCUT2D eigenvalue weighted by atomic mass is 35.5. The Bertz CT molecular complexity index is 867. The van der Waals surface area contributed by atoms with Crippen LogP contribution in [0.3, 0.4) is 0 Å². The molecule has 0 spiro atoms. The van der Waals surface area contributed by atoms with Gasteiger partial charge in [0.05, 0.1) is 30.7 Å². The second kappa shape index (κ2) is 8.46. The van der Waals surface area contributed by atoms with Crippen molar-refractivity contribution in [3.63, 3.8) is 0 Å². The van der Waals surface area contributed by atoms with Gasteiger partial charge in [-0.05, 0) is 19.1 Å². The molecule has 1 aliphatic heterocycles. The van der Waals surface area contributed by atoms with Crippen LogP contribution >= 0.6 is 11.6 Å². The zero-order chi connectivity index (χ0) is 20.3. The Morgan fingerprint density at radius 1 is 1.29 bits per heavy atom. The van der Waals surface area contributed by atoms with Crippen LogP contribution < -0.4 is 10.9 Å². The van der Waals surface area contributed by atoms with Crippen LogP contribution in [0.1, 0.15) is 12.5 Å². The number of pyridine rings is 1. The van der Waals surface area contributed by atoms with Gasteiger partial charge in [-0.3, -0.25) is 9.69 Å². The monoisotopic (exact) mass is 417 g/mol. The lowest BCUT2D eigenvalue weighted by Crippen LogP contribution is -2.45. The summed E-state index contributed by atoms with van der Waals surface area (Å²) in [5.41, 5.74) is -1.22. The summed E-state index contributed by atoms with van der Waals surface area (Å²) in [5, 5.41) is 6.96. The van der Waals surface area contributed by atoms with E-state index in [0.29, 0.717) is 31.6 Å². The largest absolute Gasteiger partial charge is 0.417 e. The number of nitrogens with zero attached hydrogens (tertiary/aromatic N) is 4. The number of hydrogen-bond donors (Lipinski definition) is 1. The smallest absolute Gasteiger partial charge is 0.381 e. The van der Waals surface area contributed by atoms with E-state index in [1.54, 1.807) is 0 Å². The summed E-state index contributed by atoms with van der Waals surface area (Å²) in [6.07, 6.45) is -2.50. The fraction of sp³-hybridized carbons (Fsp3) is 0.471. The molecule has 2 aromatic heterocycles. The summed E-state index contributed by atoms with van der Waals surface area (Å²) in [7, 11) is 0. The first-order chi connectivity index (χ1) is 13.3. The van der Waals surface area contributed by atoms with E-state index >= 15 is 0 Å². The summed E-state index contributed by atoms with van der Waals surface area (Å²) in [6, 6.07) is 2.10. The van der Waals surface area contributed by atoms with Crippen molar-refractivity contribution < 1.29 is 17.9 Å². The Balaban J connectivity index is 1.73. The fourth-order valence-corrected chi connectivity index (χ4v) is 3.00. The quantitative estimate of drug-likeness (QED) is 0.805. The molecule has 0 radical (unpaired) electrons. The molecule has 0 amide bonds. The van der Waals surface area contributed by atoms with Crippen LogP contribution in [0.25, 0.3) is 5.82 Å². The number of rotatable bonds is 5. The average molecular weight is 418 g/mol. The Morgan fingerprint density at radius 2 is 2.00 bits per heavy atom. The predicted octanol–water partition coefficient (Wildman–Crippen LogP) is 2.43. The molecule has 3 heterocycles. The Kier molecular flexibility index (Phi) is 6.21. The zero-order valence-corrected chi connectivity index (χ0v) is 15.8. The molecule has 2 aromatic rings. The minimum absolute atomic E-state index is 0.0480. The third-order valence-corrected chi connectivity index (χ3v) is 4.83. The first-order valence-electron chi connectivity index (χ1n) is 8.64. The molecule has 1 N–H and O–H groups in total. The van der Waals surface area contributed by atoms with Crippen LogP contribution in [0.4, 0.5) is 18.9 Å². The van der Waals surface area contributed by atoms with E-state index in [-0.39, 0.29) is 16.9 Å². The zero-order valence-electron chi connectivity index (χ0n) is 15.0. The number of hydrogen-bond acceptors (Lipinski definition) is 6. The molecule has 7 nitrogen and oxygen atoms in total.